The lowest BCUT2D eigenvalue weighted by molar-refractivity contribution is -0.123. The molecule has 6 nitrogen and oxygen atoms in total. The van der Waals surface area contributed by atoms with Crippen molar-refractivity contribution in [3.8, 4) is 0 Å². The van der Waals surface area contributed by atoms with E-state index < -0.39 is 13.2 Å². The quantitative estimate of drug-likeness (QED) is 0.739. The van der Waals surface area contributed by atoms with Gasteiger partial charge < -0.3 is 24.3 Å². The molecule has 2 rings (SSSR count). The summed E-state index contributed by atoms with van der Waals surface area (Å²) in [6.07, 6.45) is 1.22. The first-order valence-corrected chi connectivity index (χ1v) is 7.00. The van der Waals surface area contributed by atoms with Gasteiger partial charge in [-0.3, -0.25) is 4.79 Å². The van der Waals surface area contributed by atoms with Gasteiger partial charge in [0.15, 0.2) is 0 Å². The molecule has 0 saturated carbocycles. The van der Waals surface area contributed by atoms with Crippen molar-refractivity contribution in [2.24, 2.45) is 0 Å². The molecular weight excluding hydrogens is 262 g/mol. The molecule has 0 radical (unpaired) electrons. The number of nitrogens with one attached hydrogen (secondary N) is 1. The molecule has 0 unspecified atom stereocenters. The van der Waals surface area contributed by atoms with E-state index in [4.69, 9.17) is 21.7 Å². The maximum absolute atomic E-state index is 12.1. The van der Waals surface area contributed by atoms with Gasteiger partial charge in [-0.1, -0.05) is 0 Å². The van der Waals surface area contributed by atoms with Crippen LogP contribution in [0.5, 0.6) is 0 Å². The highest BCUT2D eigenvalue weighted by Gasteiger charge is 2.31. The highest BCUT2D eigenvalue weighted by Crippen LogP contribution is 2.21. The van der Waals surface area contributed by atoms with Crippen LogP contribution in [0, 0.1) is 0 Å². The molecule has 2 saturated heterocycles. The summed E-state index contributed by atoms with van der Waals surface area (Å²) in [6, 6.07) is -0.193. The van der Waals surface area contributed by atoms with Gasteiger partial charge in [-0.05, 0) is 19.3 Å². The Kier molecular flexibility index (Phi) is 5.15. The molecule has 2 aliphatic heterocycles. The Labute approximate surface area is 122 Å². The van der Waals surface area contributed by atoms with Crippen LogP contribution in [0.25, 0.3) is 0 Å². The first kappa shape index (κ1) is 13.0. The van der Waals surface area contributed by atoms with Gasteiger partial charge in [0.1, 0.15) is 6.10 Å². The number of hydrogen-bond acceptors (Lipinski definition) is 5. The van der Waals surface area contributed by atoms with Crippen LogP contribution in [0.4, 0.5) is 0 Å². The average Bonchev–Trinajstić information content (AvgIpc) is 3.00. The summed E-state index contributed by atoms with van der Waals surface area (Å²) in [7, 11) is 3.16. The minimum atomic E-state index is -0.620. The second kappa shape index (κ2) is 7.93. The van der Waals surface area contributed by atoms with Crippen molar-refractivity contribution in [3.05, 3.63) is 0 Å². The summed E-state index contributed by atoms with van der Waals surface area (Å²) < 4.78 is 36.4. The largest absolute Gasteiger partial charge is 0.382 e. The number of ether oxygens (including phenoxy) is 4. The van der Waals surface area contributed by atoms with Crippen LogP contribution >= 0.6 is 0 Å². The fourth-order valence-electron chi connectivity index (χ4n) is 2.57. The summed E-state index contributed by atoms with van der Waals surface area (Å²) in [4.78, 5) is 12.1. The number of carbonyl (C=O) groups is 1. The van der Waals surface area contributed by atoms with E-state index in [1.807, 2.05) is 0 Å². The number of amides is 1. The van der Waals surface area contributed by atoms with Gasteiger partial charge in [-0.15, -0.1) is 0 Å². The summed E-state index contributed by atoms with van der Waals surface area (Å²) in [5, 5.41) is 2.91. The van der Waals surface area contributed by atoms with Crippen molar-refractivity contribution in [3.63, 3.8) is 0 Å². The minimum absolute atomic E-state index is 0.101. The van der Waals surface area contributed by atoms with Crippen LogP contribution in [0.1, 0.15) is 28.4 Å². The number of methoxy groups -OCH3 is 2. The Bertz CT molecular complexity index is 373. The van der Waals surface area contributed by atoms with E-state index in [0.717, 1.165) is 0 Å². The lowest BCUT2D eigenvalue weighted by Gasteiger charge is -2.20. The third-order valence-electron chi connectivity index (χ3n) is 3.72. The number of rotatable bonds is 7. The van der Waals surface area contributed by atoms with E-state index in [2.05, 4.69) is 5.32 Å². The Hall–Kier alpha value is -0.690. The normalized spacial score (nSPS) is 42.3. The average molecular weight is 291 g/mol. The van der Waals surface area contributed by atoms with Crippen LogP contribution in [0.2, 0.25) is 0 Å². The predicted molar refractivity (Wildman–Crippen MR) is 72.6 cm³/mol. The van der Waals surface area contributed by atoms with E-state index >= 15 is 0 Å². The zero-order valence-electron chi connectivity index (χ0n) is 14.0. The third kappa shape index (κ3) is 4.15. The standard InChI is InChI=1S/C14H25NO5/c1-17-9-13-10(5-7-20-13)15-14(16)4-3-12-11(18-2)6-8-19-12/h10-13H,3-9H2,1-2H3,(H,15,16)/t10-,11-,12-,13-/m1/s1/i7T,8T/t7-,8+,10+,11+,12+,13+/m0. The molecule has 2 fully saturated rings. The summed E-state index contributed by atoms with van der Waals surface area (Å²) in [5.74, 6) is -0.101. The van der Waals surface area contributed by atoms with Crippen molar-refractivity contribution < 1.29 is 26.5 Å². The summed E-state index contributed by atoms with van der Waals surface area (Å²) >= 11 is 0. The molecule has 0 aliphatic carbocycles. The molecule has 116 valence electrons. The van der Waals surface area contributed by atoms with E-state index in [-0.39, 0.29) is 30.3 Å². The monoisotopic (exact) mass is 291 g/mol. The Morgan fingerprint density at radius 1 is 1.30 bits per heavy atom. The van der Waals surface area contributed by atoms with E-state index in [0.29, 0.717) is 32.3 Å². The van der Waals surface area contributed by atoms with Crippen LogP contribution in [0.15, 0.2) is 0 Å². The van der Waals surface area contributed by atoms with Gasteiger partial charge >= 0.3 is 0 Å². The Balaban J connectivity index is 1.75. The lowest BCUT2D eigenvalue weighted by atomic mass is 10.1. The van der Waals surface area contributed by atoms with Crippen molar-refractivity contribution in [2.75, 3.05) is 34.0 Å². The summed E-state index contributed by atoms with van der Waals surface area (Å²) in [5.41, 5.74) is 0. The van der Waals surface area contributed by atoms with Gasteiger partial charge in [0.2, 0.25) is 5.91 Å². The van der Waals surface area contributed by atoms with Gasteiger partial charge in [0.25, 0.3) is 0 Å². The molecule has 0 aromatic rings. The summed E-state index contributed by atoms with van der Waals surface area (Å²) in [6.45, 7) is -0.833. The molecule has 2 heterocycles. The van der Waals surface area contributed by atoms with Crippen LogP contribution in [-0.2, 0) is 23.7 Å². The molecule has 0 spiro atoms. The first-order chi connectivity index (χ1) is 10.5. The fourth-order valence-corrected chi connectivity index (χ4v) is 2.57. The smallest absolute Gasteiger partial charge is 0.220 e. The van der Waals surface area contributed by atoms with E-state index in [1.165, 1.54) is 0 Å². The van der Waals surface area contributed by atoms with Crippen LogP contribution in [0.3, 0.4) is 0 Å². The second-order valence-electron chi connectivity index (χ2n) is 5.10. The van der Waals surface area contributed by atoms with Crippen LogP contribution < -0.4 is 5.32 Å². The molecule has 0 aromatic carbocycles. The minimum Gasteiger partial charge on any atom is -0.382 e. The molecule has 20 heavy (non-hydrogen) atoms. The van der Waals surface area contributed by atoms with Crippen molar-refractivity contribution in [1.82, 2.24) is 5.32 Å². The van der Waals surface area contributed by atoms with Crippen molar-refractivity contribution >= 4 is 5.91 Å². The van der Waals surface area contributed by atoms with Gasteiger partial charge in [0, 0.05) is 33.8 Å². The topological polar surface area (TPSA) is 66.0 Å². The zero-order valence-corrected chi connectivity index (χ0v) is 12.0. The molecule has 0 bridgehead atoms. The number of hydrogen-bond donors (Lipinski definition) is 1. The fraction of sp³-hybridized carbons (Fsp3) is 0.929. The van der Waals surface area contributed by atoms with Gasteiger partial charge in [-0.25, -0.2) is 0 Å². The molecule has 1 N–H and O–H groups in total. The van der Waals surface area contributed by atoms with Crippen LogP contribution in [-0.4, -0.2) is 64.3 Å². The molecule has 0 aromatic heterocycles. The van der Waals surface area contributed by atoms with Crippen molar-refractivity contribution in [2.45, 2.75) is 50.0 Å². The Morgan fingerprint density at radius 3 is 2.80 bits per heavy atom. The van der Waals surface area contributed by atoms with E-state index in [9.17, 15) is 4.79 Å². The zero-order chi connectivity index (χ0) is 16.1. The molecule has 1 amide bonds. The molecular formula is C14H25NO5. The molecule has 2 aliphatic rings. The maximum atomic E-state index is 12.1. The first-order valence-electron chi connectivity index (χ1n) is 8.15. The molecule has 6 heteroatoms. The maximum Gasteiger partial charge on any atom is 0.220 e. The predicted octanol–water partition coefficient (Wildman–Crippen LogP) is 0.491. The number of carbonyl (C=O) groups excluding carboxylic acids is 1. The molecule has 6 atom stereocenters. The van der Waals surface area contributed by atoms with Gasteiger partial charge in [-0.2, -0.15) is 0 Å². The lowest BCUT2D eigenvalue weighted by Crippen LogP contribution is -2.42. The highest BCUT2D eigenvalue weighted by atomic mass is 16.5. The van der Waals surface area contributed by atoms with E-state index in [1.54, 1.807) is 14.2 Å². The van der Waals surface area contributed by atoms with Gasteiger partial charge in [0.05, 0.1) is 27.6 Å². The van der Waals surface area contributed by atoms with Crippen molar-refractivity contribution in [1.29, 1.82) is 0 Å². The highest BCUT2D eigenvalue weighted by molar-refractivity contribution is 5.76. The third-order valence-corrected chi connectivity index (χ3v) is 3.72. The SMILES string of the molecule is [3H][C@@H]1C[C@@H](OC)[C@@H](CCC(=O)N[C@@H]2C[C@H]([3H])O[C@@H]2COC)O1. The second-order valence-corrected chi connectivity index (χ2v) is 5.10. The Morgan fingerprint density at radius 2 is 2.05 bits per heavy atom.